The molecule has 25 heavy (non-hydrogen) atoms. The Labute approximate surface area is 144 Å². The van der Waals surface area contributed by atoms with Crippen molar-refractivity contribution in [2.75, 3.05) is 26.7 Å². The Balaban J connectivity index is 1.71. The van der Waals surface area contributed by atoms with E-state index in [9.17, 15) is 13.2 Å². The predicted molar refractivity (Wildman–Crippen MR) is 86.1 cm³/mol. The average molecular weight is 354 g/mol. The number of hydrogen-bond donors (Lipinski definition) is 1. The molecule has 1 saturated heterocycles. The van der Waals surface area contributed by atoms with E-state index in [0.717, 1.165) is 25.7 Å². The van der Waals surface area contributed by atoms with Crippen molar-refractivity contribution in [2.24, 2.45) is 0 Å². The maximum absolute atomic E-state index is 12.8. The molecule has 1 aromatic carbocycles. The number of nitrogens with zero attached hydrogens (tertiary/aromatic N) is 3. The molecule has 0 amide bonds. The number of likely N-dealkylation sites (N-methyl/N-ethyl adjacent to an activating group) is 1. The Morgan fingerprint density at radius 3 is 2.92 bits per heavy atom. The fourth-order valence-corrected chi connectivity index (χ4v) is 2.99. The van der Waals surface area contributed by atoms with Gasteiger partial charge in [0.25, 0.3) is 0 Å². The maximum Gasteiger partial charge on any atom is 0.416 e. The average Bonchev–Trinajstić information content (AvgIpc) is 3.04. The van der Waals surface area contributed by atoms with Gasteiger partial charge in [0.1, 0.15) is 0 Å². The highest BCUT2D eigenvalue weighted by molar-refractivity contribution is 5.26. The van der Waals surface area contributed by atoms with E-state index in [2.05, 4.69) is 20.4 Å². The summed E-state index contributed by atoms with van der Waals surface area (Å²) in [5.74, 6) is 0.901. The minimum Gasteiger partial charge on any atom is -0.339 e. The molecule has 2 unspecified atom stereocenters. The highest BCUT2D eigenvalue weighted by Gasteiger charge is 2.31. The Hall–Kier alpha value is -1.93. The second kappa shape index (κ2) is 7.13. The van der Waals surface area contributed by atoms with Gasteiger partial charge in [-0.25, -0.2) is 0 Å². The summed E-state index contributed by atoms with van der Waals surface area (Å²) in [6, 6.07) is 5.40. The van der Waals surface area contributed by atoms with Crippen molar-refractivity contribution in [3.63, 3.8) is 0 Å². The zero-order valence-corrected chi connectivity index (χ0v) is 14.2. The van der Waals surface area contributed by atoms with E-state index in [1.807, 2.05) is 14.0 Å². The van der Waals surface area contributed by atoms with E-state index in [1.165, 1.54) is 12.1 Å². The molecule has 136 valence electrons. The fourth-order valence-electron chi connectivity index (χ4n) is 2.99. The first-order chi connectivity index (χ1) is 11.8. The molecular weight excluding hydrogens is 333 g/mol. The first-order valence-corrected chi connectivity index (χ1v) is 8.25. The van der Waals surface area contributed by atoms with Crippen molar-refractivity contribution in [2.45, 2.75) is 31.5 Å². The van der Waals surface area contributed by atoms with Crippen LogP contribution in [0.25, 0.3) is 0 Å². The van der Waals surface area contributed by atoms with Crippen LogP contribution in [-0.4, -0.2) is 41.7 Å². The van der Waals surface area contributed by atoms with Crippen molar-refractivity contribution in [1.82, 2.24) is 20.4 Å². The van der Waals surface area contributed by atoms with E-state index < -0.39 is 11.7 Å². The van der Waals surface area contributed by atoms with Crippen LogP contribution in [0.1, 0.15) is 41.7 Å². The van der Waals surface area contributed by atoms with Gasteiger partial charge in [0.2, 0.25) is 5.89 Å². The van der Waals surface area contributed by atoms with Crippen LogP contribution >= 0.6 is 0 Å². The van der Waals surface area contributed by atoms with Crippen molar-refractivity contribution >= 4 is 0 Å². The van der Waals surface area contributed by atoms with E-state index in [0.29, 0.717) is 23.7 Å². The van der Waals surface area contributed by atoms with Gasteiger partial charge in [0, 0.05) is 25.6 Å². The molecule has 0 aliphatic carbocycles. The zero-order chi connectivity index (χ0) is 18.0. The molecule has 0 bridgehead atoms. The number of nitrogens with one attached hydrogen (secondary N) is 1. The fraction of sp³-hybridized carbons (Fsp3) is 0.529. The SMILES string of the molecule is CC(Cc1cccc(C(F)(F)F)c1)c1nc(C2CNCCN2C)no1. The topological polar surface area (TPSA) is 54.2 Å². The van der Waals surface area contributed by atoms with Crippen LogP contribution in [-0.2, 0) is 12.6 Å². The third kappa shape index (κ3) is 4.19. The summed E-state index contributed by atoms with van der Waals surface area (Å²) in [7, 11) is 2.01. The lowest BCUT2D eigenvalue weighted by atomic mass is 9.99. The van der Waals surface area contributed by atoms with Crippen LogP contribution < -0.4 is 5.32 Å². The van der Waals surface area contributed by atoms with Crippen LogP contribution in [0.3, 0.4) is 0 Å². The van der Waals surface area contributed by atoms with Gasteiger partial charge in [-0.1, -0.05) is 30.3 Å². The van der Waals surface area contributed by atoms with Crippen molar-refractivity contribution in [3.8, 4) is 0 Å². The van der Waals surface area contributed by atoms with Crippen molar-refractivity contribution in [3.05, 3.63) is 47.1 Å². The van der Waals surface area contributed by atoms with Gasteiger partial charge in [-0.3, -0.25) is 4.90 Å². The highest BCUT2D eigenvalue weighted by Crippen LogP contribution is 2.31. The van der Waals surface area contributed by atoms with Crippen LogP contribution in [0, 0.1) is 0 Å². The molecule has 2 atom stereocenters. The highest BCUT2D eigenvalue weighted by atomic mass is 19.4. The van der Waals surface area contributed by atoms with E-state index in [4.69, 9.17) is 4.52 Å². The van der Waals surface area contributed by atoms with E-state index in [-0.39, 0.29) is 12.0 Å². The van der Waals surface area contributed by atoms with Gasteiger partial charge in [0.15, 0.2) is 5.82 Å². The van der Waals surface area contributed by atoms with Gasteiger partial charge in [-0.05, 0) is 25.1 Å². The molecule has 0 spiro atoms. The lowest BCUT2D eigenvalue weighted by Crippen LogP contribution is -2.44. The number of halogens is 3. The summed E-state index contributed by atoms with van der Waals surface area (Å²) < 4.78 is 43.8. The van der Waals surface area contributed by atoms with Crippen molar-refractivity contribution in [1.29, 1.82) is 0 Å². The van der Waals surface area contributed by atoms with Gasteiger partial charge in [-0.2, -0.15) is 18.2 Å². The number of piperazine rings is 1. The lowest BCUT2D eigenvalue weighted by Gasteiger charge is -2.30. The molecule has 8 heteroatoms. The van der Waals surface area contributed by atoms with Gasteiger partial charge in [0.05, 0.1) is 11.6 Å². The van der Waals surface area contributed by atoms with E-state index >= 15 is 0 Å². The molecule has 1 N–H and O–H groups in total. The normalized spacial score (nSPS) is 20.6. The third-order valence-corrected chi connectivity index (χ3v) is 4.48. The standard InChI is InChI=1S/C17H21F3N4O/c1-11(8-12-4-3-5-13(9-12)17(18,19)20)16-22-15(23-25-16)14-10-21-6-7-24(14)2/h3-5,9,11,14,21H,6-8,10H2,1-2H3. The van der Waals surface area contributed by atoms with Crippen LogP contribution in [0.4, 0.5) is 13.2 Å². The number of benzene rings is 1. The Morgan fingerprint density at radius 2 is 2.20 bits per heavy atom. The summed E-state index contributed by atoms with van der Waals surface area (Å²) >= 11 is 0. The van der Waals surface area contributed by atoms with Crippen LogP contribution in [0.5, 0.6) is 0 Å². The largest absolute Gasteiger partial charge is 0.416 e. The third-order valence-electron chi connectivity index (χ3n) is 4.48. The minimum absolute atomic E-state index is 0.0482. The van der Waals surface area contributed by atoms with Crippen LogP contribution in [0.2, 0.25) is 0 Å². The van der Waals surface area contributed by atoms with Gasteiger partial charge in [-0.15, -0.1) is 0 Å². The van der Waals surface area contributed by atoms with Crippen LogP contribution in [0.15, 0.2) is 28.8 Å². The van der Waals surface area contributed by atoms with Crippen molar-refractivity contribution < 1.29 is 17.7 Å². The lowest BCUT2D eigenvalue weighted by molar-refractivity contribution is -0.137. The molecular formula is C17H21F3N4O. The molecule has 2 heterocycles. The first kappa shape index (κ1) is 17.9. The molecule has 1 aromatic heterocycles. The number of rotatable bonds is 4. The Bertz CT molecular complexity index is 716. The second-order valence-electron chi connectivity index (χ2n) is 6.49. The quantitative estimate of drug-likeness (QED) is 0.915. The van der Waals surface area contributed by atoms with E-state index in [1.54, 1.807) is 6.07 Å². The molecule has 0 radical (unpaired) electrons. The van der Waals surface area contributed by atoms with Gasteiger partial charge < -0.3 is 9.84 Å². The molecule has 1 aliphatic heterocycles. The Kier molecular flexibility index (Phi) is 5.10. The number of aromatic nitrogens is 2. The predicted octanol–water partition coefficient (Wildman–Crippen LogP) is 3.01. The summed E-state index contributed by atoms with van der Waals surface area (Å²) in [6.45, 7) is 4.44. The summed E-state index contributed by atoms with van der Waals surface area (Å²) in [5.41, 5.74) is -0.0446. The monoisotopic (exact) mass is 354 g/mol. The molecule has 1 fully saturated rings. The zero-order valence-electron chi connectivity index (χ0n) is 14.2. The minimum atomic E-state index is -4.34. The maximum atomic E-state index is 12.8. The second-order valence-corrected chi connectivity index (χ2v) is 6.49. The smallest absolute Gasteiger partial charge is 0.339 e. The molecule has 2 aromatic rings. The molecule has 3 rings (SSSR count). The summed E-state index contributed by atoms with van der Waals surface area (Å²) in [4.78, 5) is 6.63. The summed E-state index contributed by atoms with van der Waals surface area (Å²) in [6.07, 6.45) is -3.93. The van der Waals surface area contributed by atoms with Gasteiger partial charge >= 0.3 is 6.18 Å². The molecule has 0 saturated carbocycles. The first-order valence-electron chi connectivity index (χ1n) is 8.25. The number of alkyl halides is 3. The Morgan fingerprint density at radius 1 is 1.40 bits per heavy atom. The summed E-state index contributed by atoms with van der Waals surface area (Å²) in [5, 5.41) is 7.35. The molecule has 1 aliphatic rings. The molecule has 5 nitrogen and oxygen atoms in total. The number of hydrogen-bond acceptors (Lipinski definition) is 5.